The standard InChI is InChI=1S/C21H25NO4S.C3H4N2/c1-3-26-14-15-9-10-17(18(13-15)16-7-5-4-6-8-16)20(23)22-19(21(24)25)11-12-27-2;1-2-5-3-4-1/h4-10,13,19H,3,11-12,14H2,1-2H3,(H,22,23)(H,24,25);1-3H,(H,4,5)/t19-;/m0./s1. The van der Waals surface area contributed by atoms with Crippen LogP contribution in [-0.4, -0.2) is 51.6 Å². The van der Waals surface area contributed by atoms with Gasteiger partial charge in [0.1, 0.15) is 6.04 Å². The van der Waals surface area contributed by atoms with Gasteiger partial charge in [-0.25, -0.2) is 9.78 Å². The van der Waals surface area contributed by atoms with Gasteiger partial charge < -0.3 is 20.1 Å². The predicted octanol–water partition coefficient (Wildman–Crippen LogP) is 4.24. The van der Waals surface area contributed by atoms with E-state index in [0.717, 1.165) is 16.7 Å². The fraction of sp³-hybridized carbons (Fsp3) is 0.292. The lowest BCUT2D eigenvalue weighted by molar-refractivity contribution is -0.139. The van der Waals surface area contributed by atoms with Crippen molar-refractivity contribution in [2.75, 3.05) is 18.6 Å². The van der Waals surface area contributed by atoms with Gasteiger partial charge in [0.2, 0.25) is 0 Å². The molecular formula is C24H29N3O4S. The summed E-state index contributed by atoms with van der Waals surface area (Å²) in [5, 5.41) is 12.0. The molecule has 1 aromatic heterocycles. The zero-order valence-corrected chi connectivity index (χ0v) is 19.1. The van der Waals surface area contributed by atoms with Crippen molar-refractivity contribution in [1.82, 2.24) is 15.3 Å². The Labute approximate surface area is 192 Å². The number of carbonyl (C=O) groups excluding carboxylic acids is 1. The Morgan fingerprint density at radius 1 is 1.22 bits per heavy atom. The minimum absolute atomic E-state index is 0.380. The third-order valence-electron chi connectivity index (χ3n) is 4.51. The summed E-state index contributed by atoms with van der Waals surface area (Å²) in [7, 11) is 0. The summed E-state index contributed by atoms with van der Waals surface area (Å²) in [6.07, 6.45) is 7.37. The predicted molar refractivity (Wildman–Crippen MR) is 128 cm³/mol. The lowest BCUT2D eigenvalue weighted by Gasteiger charge is -2.17. The maximum atomic E-state index is 12.8. The molecule has 8 heteroatoms. The molecule has 0 aliphatic heterocycles. The molecule has 0 bridgehead atoms. The van der Waals surface area contributed by atoms with Crippen molar-refractivity contribution in [1.29, 1.82) is 0 Å². The topological polar surface area (TPSA) is 104 Å². The number of aliphatic carboxylic acids is 1. The molecule has 170 valence electrons. The molecule has 0 saturated carbocycles. The molecule has 0 aliphatic carbocycles. The van der Waals surface area contributed by atoms with Crippen molar-refractivity contribution in [3.63, 3.8) is 0 Å². The normalized spacial score (nSPS) is 11.2. The first-order valence-corrected chi connectivity index (χ1v) is 11.7. The van der Waals surface area contributed by atoms with Crippen molar-refractivity contribution >= 4 is 23.6 Å². The van der Waals surface area contributed by atoms with Crippen LogP contribution in [0.3, 0.4) is 0 Å². The van der Waals surface area contributed by atoms with Crippen molar-refractivity contribution in [3.05, 3.63) is 78.4 Å². The Kier molecular flexibility index (Phi) is 11.1. The molecule has 0 saturated heterocycles. The number of rotatable bonds is 10. The van der Waals surface area contributed by atoms with Crippen molar-refractivity contribution in [3.8, 4) is 11.1 Å². The van der Waals surface area contributed by atoms with Crippen LogP contribution in [0.25, 0.3) is 11.1 Å². The number of benzene rings is 2. The highest BCUT2D eigenvalue weighted by Gasteiger charge is 2.22. The molecule has 1 amide bonds. The Morgan fingerprint density at radius 2 is 2.00 bits per heavy atom. The summed E-state index contributed by atoms with van der Waals surface area (Å²) in [4.78, 5) is 30.7. The van der Waals surface area contributed by atoms with Gasteiger partial charge in [-0.15, -0.1) is 0 Å². The van der Waals surface area contributed by atoms with Gasteiger partial charge in [-0.3, -0.25) is 4.79 Å². The SMILES string of the molecule is CCOCc1ccc(C(=O)N[C@@H](CCSC)C(=O)O)c(-c2ccccc2)c1.c1c[nH]cn1. The second kappa shape index (κ2) is 14.1. The third kappa shape index (κ3) is 8.20. The van der Waals surface area contributed by atoms with Crippen LogP contribution in [0, 0.1) is 0 Å². The molecule has 0 spiro atoms. The number of nitrogens with zero attached hydrogens (tertiary/aromatic N) is 1. The summed E-state index contributed by atoms with van der Waals surface area (Å²) in [6, 6.07) is 14.2. The average Bonchev–Trinajstić information content (AvgIpc) is 3.41. The number of hydrogen-bond acceptors (Lipinski definition) is 5. The van der Waals surface area contributed by atoms with Crippen LogP contribution in [0.4, 0.5) is 0 Å². The van der Waals surface area contributed by atoms with E-state index in [0.29, 0.717) is 31.0 Å². The summed E-state index contributed by atoms with van der Waals surface area (Å²) in [5.41, 5.74) is 3.08. The Balaban J connectivity index is 0.000000636. The minimum atomic E-state index is -1.02. The number of carboxylic acid groups (broad SMARTS) is 1. The van der Waals surface area contributed by atoms with Crippen molar-refractivity contribution in [2.24, 2.45) is 0 Å². The Bertz CT molecular complexity index is 932. The monoisotopic (exact) mass is 455 g/mol. The van der Waals surface area contributed by atoms with E-state index in [9.17, 15) is 14.7 Å². The number of hydrogen-bond donors (Lipinski definition) is 3. The van der Waals surface area contributed by atoms with Gasteiger partial charge in [0.25, 0.3) is 5.91 Å². The molecule has 3 N–H and O–H groups in total. The van der Waals surface area contributed by atoms with E-state index in [1.54, 1.807) is 36.5 Å². The quantitative estimate of drug-likeness (QED) is 0.422. The minimum Gasteiger partial charge on any atom is -0.480 e. The number of nitrogens with one attached hydrogen (secondary N) is 2. The number of carbonyl (C=O) groups is 2. The molecule has 2 aromatic carbocycles. The van der Waals surface area contributed by atoms with Gasteiger partial charge in [0.05, 0.1) is 12.9 Å². The number of H-pyrrole nitrogens is 1. The highest BCUT2D eigenvalue weighted by Crippen LogP contribution is 2.26. The molecule has 0 radical (unpaired) electrons. The van der Waals surface area contributed by atoms with E-state index in [-0.39, 0.29) is 5.91 Å². The highest BCUT2D eigenvalue weighted by molar-refractivity contribution is 7.98. The van der Waals surface area contributed by atoms with E-state index < -0.39 is 12.0 Å². The number of imidazole rings is 1. The lowest BCUT2D eigenvalue weighted by Crippen LogP contribution is -2.41. The summed E-state index contributed by atoms with van der Waals surface area (Å²) >= 11 is 1.55. The van der Waals surface area contributed by atoms with E-state index in [4.69, 9.17) is 4.74 Å². The summed E-state index contributed by atoms with van der Waals surface area (Å²) in [5.74, 6) is -0.743. The zero-order chi connectivity index (χ0) is 23.2. The van der Waals surface area contributed by atoms with Gasteiger partial charge in [-0.05, 0) is 54.2 Å². The molecule has 32 heavy (non-hydrogen) atoms. The first kappa shape index (κ1) is 25.2. The maximum absolute atomic E-state index is 12.8. The molecule has 1 atom stereocenters. The molecule has 3 aromatic rings. The average molecular weight is 456 g/mol. The van der Waals surface area contributed by atoms with Crippen molar-refractivity contribution in [2.45, 2.75) is 26.0 Å². The second-order valence-corrected chi connectivity index (χ2v) is 7.78. The van der Waals surface area contributed by atoms with Crippen LogP contribution in [0.5, 0.6) is 0 Å². The molecule has 0 unspecified atom stereocenters. The van der Waals surface area contributed by atoms with E-state index >= 15 is 0 Å². The van der Waals surface area contributed by atoms with Crippen LogP contribution in [0.1, 0.15) is 29.3 Å². The van der Waals surface area contributed by atoms with Gasteiger partial charge in [0.15, 0.2) is 0 Å². The fourth-order valence-corrected chi connectivity index (χ4v) is 3.37. The number of carboxylic acids is 1. The zero-order valence-electron chi connectivity index (χ0n) is 18.3. The molecule has 7 nitrogen and oxygen atoms in total. The van der Waals surface area contributed by atoms with Crippen LogP contribution >= 0.6 is 11.8 Å². The number of thioether (sulfide) groups is 1. The molecule has 0 aliphatic rings. The summed E-state index contributed by atoms with van der Waals surface area (Å²) < 4.78 is 5.47. The van der Waals surface area contributed by atoms with Gasteiger partial charge in [-0.1, -0.05) is 36.4 Å². The maximum Gasteiger partial charge on any atom is 0.326 e. The largest absolute Gasteiger partial charge is 0.480 e. The molecular weight excluding hydrogens is 426 g/mol. The van der Waals surface area contributed by atoms with Gasteiger partial charge >= 0.3 is 5.97 Å². The van der Waals surface area contributed by atoms with E-state index in [1.165, 1.54) is 0 Å². The first-order valence-electron chi connectivity index (χ1n) is 10.3. The van der Waals surface area contributed by atoms with Gasteiger partial charge in [-0.2, -0.15) is 11.8 Å². The number of amides is 1. The third-order valence-corrected chi connectivity index (χ3v) is 5.15. The second-order valence-electron chi connectivity index (χ2n) is 6.79. The first-order chi connectivity index (χ1) is 15.6. The van der Waals surface area contributed by atoms with Crippen LogP contribution in [0.15, 0.2) is 67.3 Å². The van der Waals surface area contributed by atoms with Crippen molar-refractivity contribution < 1.29 is 19.4 Å². The molecule has 0 fully saturated rings. The number of ether oxygens (including phenoxy) is 1. The summed E-state index contributed by atoms with van der Waals surface area (Å²) in [6.45, 7) is 3.00. The number of aromatic amines is 1. The van der Waals surface area contributed by atoms with E-state index in [1.807, 2.05) is 55.6 Å². The molecule has 3 rings (SSSR count). The van der Waals surface area contributed by atoms with Crippen LogP contribution < -0.4 is 5.32 Å². The van der Waals surface area contributed by atoms with Crippen LogP contribution in [-0.2, 0) is 16.1 Å². The van der Waals surface area contributed by atoms with Gasteiger partial charge in [0, 0.05) is 24.6 Å². The smallest absolute Gasteiger partial charge is 0.326 e. The van der Waals surface area contributed by atoms with E-state index in [2.05, 4.69) is 15.3 Å². The van der Waals surface area contributed by atoms with Crippen LogP contribution in [0.2, 0.25) is 0 Å². The highest BCUT2D eigenvalue weighted by atomic mass is 32.2. The Hall–Kier alpha value is -3.10. The molecule has 1 heterocycles. The fourth-order valence-electron chi connectivity index (χ4n) is 2.90. The Morgan fingerprint density at radius 3 is 2.56 bits per heavy atom. The lowest BCUT2D eigenvalue weighted by atomic mass is 9.96. The number of aromatic nitrogens is 2.